The van der Waals surface area contributed by atoms with Crippen molar-refractivity contribution in [1.29, 1.82) is 0 Å². The average molecular weight is 240 g/mol. The first-order valence-electron chi connectivity index (χ1n) is 7.22. The third kappa shape index (κ3) is 3.43. The summed E-state index contributed by atoms with van der Waals surface area (Å²) in [4.78, 5) is 0. The second kappa shape index (κ2) is 5.68. The fourth-order valence-corrected chi connectivity index (χ4v) is 3.01. The molecule has 3 nitrogen and oxygen atoms in total. The first-order valence-corrected chi connectivity index (χ1v) is 7.22. The van der Waals surface area contributed by atoms with Crippen molar-refractivity contribution in [2.75, 3.05) is 32.8 Å². The normalized spacial score (nSPS) is 33.5. The van der Waals surface area contributed by atoms with E-state index in [0.29, 0.717) is 11.0 Å². The number of piperidine rings is 1. The lowest BCUT2D eigenvalue weighted by atomic mass is 9.77. The molecular weight excluding hydrogens is 212 g/mol. The van der Waals surface area contributed by atoms with Crippen LogP contribution in [0.3, 0.4) is 0 Å². The molecule has 0 saturated carbocycles. The topological polar surface area (TPSA) is 33.3 Å². The van der Waals surface area contributed by atoms with E-state index < -0.39 is 0 Å². The molecule has 2 N–H and O–H groups in total. The van der Waals surface area contributed by atoms with E-state index in [0.717, 1.165) is 32.6 Å². The average Bonchev–Trinajstić information content (AvgIpc) is 2.39. The van der Waals surface area contributed by atoms with Gasteiger partial charge in [0.15, 0.2) is 0 Å². The summed E-state index contributed by atoms with van der Waals surface area (Å²) in [6, 6.07) is 0. The monoisotopic (exact) mass is 240 g/mol. The van der Waals surface area contributed by atoms with Crippen molar-refractivity contribution in [1.82, 2.24) is 10.6 Å². The highest BCUT2D eigenvalue weighted by atomic mass is 16.5. The van der Waals surface area contributed by atoms with Crippen molar-refractivity contribution in [3.63, 3.8) is 0 Å². The summed E-state index contributed by atoms with van der Waals surface area (Å²) < 4.78 is 5.46. The highest BCUT2D eigenvalue weighted by Crippen LogP contribution is 2.31. The second-order valence-electron chi connectivity index (χ2n) is 6.16. The van der Waals surface area contributed by atoms with Crippen molar-refractivity contribution in [3.8, 4) is 0 Å². The Morgan fingerprint density at radius 1 is 1.24 bits per heavy atom. The van der Waals surface area contributed by atoms with Gasteiger partial charge in [0.1, 0.15) is 0 Å². The Bertz CT molecular complexity index is 230. The summed E-state index contributed by atoms with van der Waals surface area (Å²) in [6.45, 7) is 10.1. The Hall–Kier alpha value is -0.120. The minimum atomic E-state index is 0.303. The first-order chi connectivity index (χ1) is 8.18. The zero-order valence-electron chi connectivity index (χ0n) is 11.5. The molecule has 2 rings (SSSR count). The second-order valence-corrected chi connectivity index (χ2v) is 6.16. The molecule has 0 aromatic carbocycles. The van der Waals surface area contributed by atoms with E-state index in [1.165, 1.54) is 32.4 Å². The molecular formula is C14H28N2O. The zero-order chi connectivity index (χ0) is 12.2. The molecule has 2 heterocycles. The molecule has 0 amide bonds. The fraction of sp³-hybridized carbons (Fsp3) is 1.00. The molecule has 3 heteroatoms. The van der Waals surface area contributed by atoms with Crippen LogP contribution in [0.15, 0.2) is 0 Å². The maximum atomic E-state index is 5.46. The molecule has 2 aliphatic rings. The van der Waals surface area contributed by atoms with E-state index >= 15 is 0 Å². The molecule has 100 valence electrons. The summed E-state index contributed by atoms with van der Waals surface area (Å²) in [5.74, 6) is 0. The lowest BCUT2D eigenvalue weighted by Gasteiger charge is -2.42. The molecule has 0 radical (unpaired) electrons. The third-order valence-corrected chi connectivity index (χ3v) is 4.80. The maximum absolute atomic E-state index is 5.46. The maximum Gasteiger partial charge on any atom is 0.0483 e. The summed E-state index contributed by atoms with van der Waals surface area (Å²) >= 11 is 0. The number of hydrogen-bond acceptors (Lipinski definition) is 3. The fourth-order valence-electron chi connectivity index (χ4n) is 3.01. The Labute approximate surface area is 106 Å². The van der Waals surface area contributed by atoms with Gasteiger partial charge in [-0.25, -0.2) is 0 Å². The van der Waals surface area contributed by atoms with E-state index in [4.69, 9.17) is 4.74 Å². The van der Waals surface area contributed by atoms with Gasteiger partial charge in [0.2, 0.25) is 0 Å². The SMILES string of the molecule is CCC1(CNC2(C)CCOCC2)CCCNC1. The van der Waals surface area contributed by atoms with Crippen LogP contribution in [0, 0.1) is 5.41 Å². The first kappa shape index (κ1) is 13.3. The van der Waals surface area contributed by atoms with Crippen molar-refractivity contribution in [3.05, 3.63) is 0 Å². The van der Waals surface area contributed by atoms with Crippen LogP contribution in [-0.4, -0.2) is 38.4 Å². The molecule has 2 aliphatic heterocycles. The van der Waals surface area contributed by atoms with E-state index in [1.54, 1.807) is 0 Å². The van der Waals surface area contributed by atoms with E-state index in [-0.39, 0.29) is 0 Å². The smallest absolute Gasteiger partial charge is 0.0483 e. The summed E-state index contributed by atoms with van der Waals surface area (Å²) in [5, 5.41) is 7.40. The van der Waals surface area contributed by atoms with Crippen LogP contribution in [0.1, 0.15) is 46.0 Å². The van der Waals surface area contributed by atoms with Gasteiger partial charge in [-0.15, -0.1) is 0 Å². The van der Waals surface area contributed by atoms with Crippen molar-refractivity contribution < 1.29 is 4.74 Å². The van der Waals surface area contributed by atoms with E-state index in [1.807, 2.05) is 0 Å². The Kier molecular flexibility index (Phi) is 4.45. The van der Waals surface area contributed by atoms with Gasteiger partial charge >= 0.3 is 0 Å². The molecule has 2 saturated heterocycles. The van der Waals surface area contributed by atoms with Crippen LogP contribution in [0.2, 0.25) is 0 Å². The number of ether oxygens (including phenoxy) is 1. The van der Waals surface area contributed by atoms with Gasteiger partial charge in [0.25, 0.3) is 0 Å². The zero-order valence-corrected chi connectivity index (χ0v) is 11.5. The van der Waals surface area contributed by atoms with Crippen LogP contribution >= 0.6 is 0 Å². The highest BCUT2D eigenvalue weighted by molar-refractivity contribution is 4.92. The largest absolute Gasteiger partial charge is 0.381 e. The molecule has 1 atom stereocenters. The minimum Gasteiger partial charge on any atom is -0.381 e. The molecule has 0 aliphatic carbocycles. The standard InChI is InChI=1S/C14H28N2O/c1-3-14(5-4-8-15-11-14)12-16-13(2)6-9-17-10-7-13/h15-16H,3-12H2,1-2H3. The lowest BCUT2D eigenvalue weighted by molar-refractivity contribution is 0.0376. The predicted octanol–water partition coefficient (Wildman–Crippen LogP) is 1.92. The van der Waals surface area contributed by atoms with E-state index in [2.05, 4.69) is 24.5 Å². The quantitative estimate of drug-likeness (QED) is 0.788. The molecule has 2 fully saturated rings. The molecule has 0 aromatic rings. The summed E-state index contributed by atoms with van der Waals surface area (Å²) in [6.07, 6.45) is 6.28. The Balaban J connectivity index is 1.86. The molecule has 1 unspecified atom stereocenters. The van der Waals surface area contributed by atoms with Gasteiger partial charge in [-0.05, 0) is 51.0 Å². The minimum absolute atomic E-state index is 0.303. The molecule has 17 heavy (non-hydrogen) atoms. The summed E-state index contributed by atoms with van der Waals surface area (Å²) in [5.41, 5.74) is 0.789. The van der Waals surface area contributed by atoms with Crippen LogP contribution in [0.25, 0.3) is 0 Å². The van der Waals surface area contributed by atoms with Crippen LogP contribution < -0.4 is 10.6 Å². The van der Waals surface area contributed by atoms with Crippen molar-refractivity contribution in [2.45, 2.75) is 51.5 Å². The van der Waals surface area contributed by atoms with Gasteiger partial charge in [0.05, 0.1) is 0 Å². The number of rotatable bonds is 4. The lowest BCUT2D eigenvalue weighted by Crippen LogP contribution is -2.54. The van der Waals surface area contributed by atoms with Crippen LogP contribution in [0.4, 0.5) is 0 Å². The number of nitrogens with one attached hydrogen (secondary N) is 2. The molecule has 0 bridgehead atoms. The summed E-state index contributed by atoms with van der Waals surface area (Å²) in [7, 11) is 0. The van der Waals surface area contributed by atoms with Gasteiger partial charge in [0, 0.05) is 31.8 Å². The predicted molar refractivity (Wildman–Crippen MR) is 71.3 cm³/mol. The molecule has 0 aromatic heterocycles. The highest BCUT2D eigenvalue weighted by Gasteiger charge is 2.34. The van der Waals surface area contributed by atoms with Gasteiger partial charge in [-0.1, -0.05) is 6.92 Å². The van der Waals surface area contributed by atoms with Crippen LogP contribution in [-0.2, 0) is 4.74 Å². The van der Waals surface area contributed by atoms with Crippen molar-refractivity contribution in [2.24, 2.45) is 5.41 Å². The van der Waals surface area contributed by atoms with Gasteiger partial charge < -0.3 is 15.4 Å². The Morgan fingerprint density at radius 2 is 2.00 bits per heavy atom. The Morgan fingerprint density at radius 3 is 2.59 bits per heavy atom. The van der Waals surface area contributed by atoms with Gasteiger partial charge in [-0.3, -0.25) is 0 Å². The van der Waals surface area contributed by atoms with E-state index in [9.17, 15) is 0 Å². The van der Waals surface area contributed by atoms with Crippen molar-refractivity contribution >= 4 is 0 Å². The van der Waals surface area contributed by atoms with Gasteiger partial charge in [-0.2, -0.15) is 0 Å². The third-order valence-electron chi connectivity index (χ3n) is 4.80. The molecule has 0 spiro atoms. The number of hydrogen-bond donors (Lipinski definition) is 2. The van der Waals surface area contributed by atoms with Crippen LogP contribution in [0.5, 0.6) is 0 Å².